The van der Waals surface area contributed by atoms with Crippen molar-refractivity contribution in [3.8, 4) is 22.8 Å². The zero-order valence-corrected chi connectivity index (χ0v) is 16.5. The normalized spacial score (nSPS) is 14.4. The lowest BCUT2D eigenvalue weighted by Gasteiger charge is -2.28. The van der Waals surface area contributed by atoms with Crippen LogP contribution < -0.4 is 20.3 Å². The lowest BCUT2D eigenvalue weighted by atomic mass is 9.91. The Bertz CT molecular complexity index is 1330. The molecule has 11 heteroatoms. The fourth-order valence-corrected chi connectivity index (χ4v) is 3.71. The number of nitrogens with one attached hydrogen (secondary N) is 2. The number of benzene rings is 2. The molecule has 2 aromatic heterocycles. The molecule has 1 atom stereocenters. The van der Waals surface area contributed by atoms with Crippen molar-refractivity contribution in [2.75, 3.05) is 19.5 Å². The molecule has 2 N–H and O–H groups in total. The number of fused-ring (bicyclic) bond motifs is 2. The number of aromatic nitrogens is 6. The number of H-pyrrole nitrogens is 1. The second-order valence-electron chi connectivity index (χ2n) is 6.78. The van der Waals surface area contributed by atoms with Gasteiger partial charge in [0.05, 0.1) is 19.9 Å². The fraction of sp³-hybridized carbons (Fsp3) is 0.150. The van der Waals surface area contributed by atoms with E-state index in [0.717, 1.165) is 0 Å². The lowest BCUT2D eigenvalue weighted by Crippen LogP contribution is -2.29. The summed E-state index contributed by atoms with van der Waals surface area (Å²) in [6, 6.07) is 10.5. The van der Waals surface area contributed by atoms with Gasteiger partial charge in [0.2, 0.25) is 5.95 Å². The van der Waals surface area contributed by atoms with Crippen molar-refractivity contribution in [3.63, 3.8) is 0 Å². The molecule has 10 nitrogen and oxygen atoms in total. The molecule has 0 amide bonds. The van der Waals surface area contributed by atoms with Crippen LogP contribution in [0.5, 0.6) is 11.5 Å². The molecule has 2 aromatic carbocycles. The van der Waals surface area contributed by atoms with E-state index in [1.165, 1.54) is 16.8 Å². The standard InChI is InChI=1S/C20H16FN7O3/c1-30-12-7-8-14(31-2)13(9-12)18-15-16(10-3-5-11(21)6-4-10)23-24-19(29)17(15)22-20-25-26-27-28(18)20/h3-9,18H,1-2H3,(H,24,29)(H,22,25,27). The Labute approximate surface area is 174 Å². The van der Waals surface area contributed by atoms with E-state index in [-0.39, 0.29) is 17.5 Å². The van der Waals surface area contributed by atoms with Gasteiger partial charge >= 0.3 is 0 Å². The van der Waals surface area contributed by atoms with Crippen LogP contribution in [0.1, 0.15) is 17.2 Å². The number of anilines is 2. The van der Waals surface area contributed by atoms with Crippen LogP contribution in [0.2, 0.25) is 0 Å². The minimum absolute atomic E-state index is 0.242. The Morgan fingerprint density at radius 1 is 1.10 bits per heavy atom. The Morgan fingerprint density at radius 3 is 2.65 bits per heavy atom. The van der Waals surface area contributed by atoms with Gasteiger partial charge in [-0.2, -0.15) is 9.78 Å². The maximum atomic E-state index is 13.5. The molecule has 0 bridgehead atoms. The van der Waals surface area contributed by atoms with E-state index in [0.29, 0.717) is 33.9 Å². The van der Waals surface area contributed by atoms with Crippen LogP contribution in [-0.4, -0.2) is 44.6 Å². The van der Waals surface area contributed by atoms with Crippen LogP contribution in [0.15, 0.2) is 47.3 Å². The van der Waals surface area contributed by atoms with E-state index >= 15 is 0 Å². The van der Waals surface area contributed by atoms with Crippen LogP contribution in [0, 0.1) is 5.82 Å². The fourth-order valence-electron chi connectivity index (χ4n) is 3.71. The minimum atomic E-state index is -0.666. The second-order valence-corrected chi connectivity index (χ2v) is 6.78. The topological polar surface area (TPSA) is 120 Å². The van der Waals surface area contributed by atoms with Gasteiger partial charge in [-0.15, -0.1) is 0 Å². The van der Waals surface area contributed by atoms with Crippen LogP contribution >= 0.6 is 0 Å². The summed E-state index contributed by atoms with van der Waals surface area (Å²) in [6.07, 6.45) is 0. The average molecular weight is 421 g/mol. The van der Waals surface area contributed by atoms with E-state index in [2.05, 4.69) is 31.0 Å². The van der Waals surface area contributed by atoms with Crippen LogP contribution in [0.3, 0.4) is 0 Å². The third-order valence-electron chi connectivity index (χ3n) is 5.12. The van der Waals surface area contributed by atoms with Crippen molar-refractivity contribution in [1.82, 2.24) is 30.4 Å². The molecule has 0 saturated carbocycles. The number of hydrogen-bond donors (Lipinski definition) is 2. The summed E-state index contributed by atoms with van der Waals surface area (Å²) >= 11 is 0. The van der Waals surface area contributed by atoms with E-state index < -0.39 is 11.6 Å². The molecule has 0 saturated heterocycles. The van der Waals surface area contributed by atoms with Gasteiger partial charge in [-0.1, -0.05) is 5.10 Å². The number of halogens is 1. The van der Waals surface area contributed by atoms with Crippen molar-refractivity contribution < 1.29 is 13.9 Å². The SMILES string of the molecule is COc1ccc(OC)c(C2c3c(-c4ccc(F)cc4)n[nH]c(=O)c3Nc3nnnn32)c1. The first-order valence-corrected chi connectivity index (χ1v) is 9.26. The predicted octanol–water partition coefficient (Wildman–Crippen LogP) is 2.27. The summed E-state index contributed by atoms with van der Waals surface area (Å²) in [4.78, 5) is 12.7. The molecule has 1 aliphatic heterocycles. The molecule has 3 heterocycles. The third kappa shape index (κ3) is 2.98. The summed E-state index contributed by atoms with van der Waals surface area (Å²) in [5.74, 6) is 1.04. The number of tetrazole rings is 1. The van der Waals surface area contributed by atoms with Crippen LogP contribution in [0.25, 0.3) is 11.3 Å². The number of rotatable bonds is 4. The minimum Gasteiger partial charge on any atom is -0.497 e. The molecular weight excluding hydrogens is 405 g/mol. The van der Waals surface area contributed by atoms with Gasteiger partial charge in [-0.3, -0.25) is 4.79 Å². The Kier molecular flexibility index (Phi) is 4.35. The third-order valence-corrected chi connectivity index (χ3v) is 5.12. The Morgan fingerprint density at radius 2 is 1.90 bits per heavy atom. The highest BCUT2D eigenvalue weighted by atomic mass is 19.1. The average Bonchev–Trinajstić information content (AvgIpc) is 3.27. The highest BCUT2D eigenvalue weighted by Gasteiger charge is 2.36. The molecule has 1 unspecified atom stereocenters. The van der Waals surface area contributed by atoms with E-state index in [9.17, 15) is 9.18 Å². The van der Waals surface area contributed by atoms with Crippen molar-refractivity contribution in [2.45, 2.75) is 6.04 Å². The Hall–Kier alpha value is -4.28. The predicted molar refractivity (Wildman–Crippen MR) is 108 cm³/mol. The summed E-state index contributed by atoms with van der Waals surface area (Å²) in [7, 11) is 3.10. The zero-order chi connectivity index (χ0) is 21.5. The molecule has 5 rings (SSSR count). The number of nitrogens with zero attached hydrogens (tertiary/aromatic N) is 5. The molecule has 0 aliphatic carbocycles. The molecule has 4 aromatic rings. The largest absolute Gasteiger partial charge is 0.497 e. The number of aromatic amines is 1. The summed E-state index contributed by atoms with van der Waals surface area (Å²) < 4.78 is 26.0. The second kappa shape index (κ2) is 7.20. The van der Waals surface area contributed by atoms with Crippen molar-refractivity contribution in [1.29, 1.82) is 0 Å². The molecule has 0 spiro atoms. The maximum Gasteiger partial charge on any atom is 0.288 e. The van der Waals surface area contributed by atoms with Gasteiger partial charge in [0.15, 0.2) is 0 Å². The smallest absolute Gasteiger partial charge is 0.288 e. The zero-order valence-electron chi connectivity index (χ0n) is 16.5. The molecule has 1 aliphatic rings. The van der Waals surface area contributed by atoms with Crippen molar-refractivity contribution in [2.24, 2.45) is 0 Å². The first-order chi connectivity index (χ1) is 15.1. The highest BCUT2D eigenvalue weighted by molar-refractivity contribution is 5.76. The van der Waals surface area contributed by atoms with Gasteiger partial charge < -0.3 is 14.8 Å². The number of methoxy groups -OCH3 is 2. The number of hydrogen-bond acceptors (Lipinski definition) is 8. The number of ether oxygens (including phenoxy) is 2. The van der Waals surface area contributed by atoms with Gasteiger partial charge in [-0.05, 0) is 52.9 Å². The van der Waals surface area contributed by atoms with Gasteiger partial charge in [-0.25, -0.2) is 9.49 Å². The summed E-state index contributed by atoms with van der Waals surface area (Å²) in [5.41, 5.74) is 2.03. The monoisotopic (exact) mass is 421 g/mol. The van der Waals surface area contributed by atoms with Gasteiger partial charge in [0.1, 0.15) is 29.0 Å². The molecule has 31 heavy (non-hydrogen) atoms. The summed E-state index contributed by atoms with van der Waals surface area (Å²) in [5, 5.41) is 21.6. The van der Waals surface area contributed by atoms with Gasteiger partial charge in [0.25, 0.3) is 5.56 Å². The van der Waals surface area contributed by atoms with Gasteiger partial charge in [0, 0.05) is 16.7 Å². The summed E-state index contributed by atoms with van der Waals surface area (Å²) in [6.45, 7) is 0. The van der Waals surface area contributed by atoms with E-state index in [4.69, 9.17) is 9.47 Å². The van der Waals surface area contributed by atoms with E-state index in [1.54, 1.807) is 44.6 Å². The highest BCUT2D eigenvalue weighted by Crippen LogP contribution is 2.44. The van der Waals surface area contributed by atoms with Crippen molar-refractivity contribution in [3.05, 3.63) is 69.8 Å². The van der Waals surface area contributed by atoms with Crippen molar-refractivity contribution >= 4 is 11.6 Å². The van der Waals surface area contributed by atoms with Crippen LogP contribution in [-0.2, 0) is 0 Å². The maximum absolute atomic E-state index is 13.5. The first kappa shape index (κ1) is 18.7. The van der Waals surface area contributed by atoms with Crippen LogP contribution in [0.4, 0.5) is 16.0 Å². The molecule has 0 radical (unpaired) electrons. The molecular formula is C20H16FN7O3. The quantitative estimate of drug-likeness (QED) is 0.454. The van der Waals surface area contributed by atoms with E-state index in [1.807, 2.05) is 0 Å². The Balaban J connectivity index is 1.84. The first-order valence-electron chi connectivity index (χ1n) is 9.26. The molecule has 0 fully saturated rings. The lowest BCUT2D eigenvalue weighted by molar-refractivity contribution is 0.392. The molecule has 156 valence electrons.